The van der Waals surface area contributed by atoms with Crippen LogP contribution in [0.1, 0.15) is 19.8 Å². The van der Waals surface area contributed by atoms with Gasteiger partial charge in [-0.15, -0.1) is 0 Å². The first-order valence-electron chi connectivity index (χ1n) is 5.08. The van der Waals surface area contributed by atoms with E-state index in [2.05, 4.69) is 0 Å². The second-order valence-electron chi connectivity index (χ2n) is 3.50. The van der Waals surface area contributed by atoms with E-state index in [0.717, 1.165) is 5.69 Å². The van der Waals surface area contributed by atoms with Gasteiger partial charge in [0.1, 0.15) is 5.78 Å². The normalized spacial score (nSPS) is 9.94. The molecule has 86 valence electrons. The zero-order chi connectivity index (χ0) is 12.1. The van der Waals surface area contributed by atoms with Crippen molar-refractivity contribution >= 4 is 29.0 Å². The Bertz CT molecular complexity index is 387. The molecule has 0 radical (unpaired) electrons. The number of nitrogens with zero attached hydrogens (tertiary/aromatic N) is 1. The number of carbonyl (C=O) groups is 2. The summed E-state index contributed by atoms with van der Waals surface area (Å²) in [6.07, 6.45) is 0.343. The highest BCUT2D eigenvalue weighted by Gasteiger charge is 2.13. The predicted octanol–water partition coefficient (Wildman–Crippen LogP) is 2.67. The first kappa shape index (κ1) is 12.7. The molecule has 4 heteroatoms. The Labute approximate surface area is 100 Å². The zero-order valence-corrected chi connectivity index (χ0v) is 10.1. The second-order valence-corrected chi connectivity index (χ2v) is 3.93. The van der Waals surface area contributed by atoms with Gasteiger partial charge in [-0.1, -0.05) is 18.5 Å². The number of benzene rings is 1. The van der Waals surface area contributed by atoms with Crippen LogP contribution in [0.5, 0.6) is 0 Å². The van der Waals surface area contributed by atoms with Gasteiger partial charge in [-0.3, -0.25) is 9.59 Å². The summed E-state index contributed by atoms with van der Waals surface area (Å²) in [4.78, 5) is 24.3. The number of hydrogen-bond acceptors (Lipinski definition) is 2. The van der Waals surface area contributed by atoms with Crippen LogP contribution in [0.2, 0.25) is 5.02 Å². The number of anilines is 1. The van der Waals surface area contributed by atoms with E-state index >= 15 is 0 Å². The van der Waals surface area contributed by atoms with E-state index in [0.29, 0.717) is 11.4 Å². The summed E-state index contributed by atoms with van der Waals surface area (Å²) in [5, 5.41) is 0.620. The van der Waals surface area contributed by atoms with Gasteiger partial charge in [0.05, 0.1) is 6.42 Å². The standard InChI is InChI=1S/C12H14ClNO2/c1-3-11(15)8-12(16)14(2)10-6-4-9(13)5-7-10/h4-7H,3,8H2,1-2H3. The van der Waals surface area contributed by atoms with Crippen LogP contribution in [-0.2, 0) is 9.59 Å². The first-order valence-corrected chi connectivity index (χ1v) is 5.46. The van der Waals surface area contributed by atoms with E-state index in [1.165, 1.54) is 4.90 Å². The van der Waals surface area contributed by atoms with Gasteiger partial charge >= 0.3 is 0 Å². The van der Waals surface area contributed by atoms with Gasteiger partial charge in [0.25, 0.3) is 0 Å². The third kappa shape index (κ3) is 3.35. The molecule has 0 fully saturated rings. The summed E-state index contributed by atoms with van der Waals surface area (Å²) < 4.78 is 0. The first-order chi connectivity index (χ1) is 7.54. The van der Waals surface area contributed by atoms with Crippen molar-refractivity contribution in [3.8, 4) is 0 Å². The molecule has 0 spiro atoms. The summed E-state index contributed by atoms with van der Waals surface area (Å²) in [5.41, 5.74) is 0.735. The molecule has 0 unspecified atom stereocenters. The van der Waals surface area contributed by atoms with Gasteiger partial charge in [0.2, 0.25) is 5.91 Å². The highest BCUT2D eigenvalue weighted by Crippen LogP contribution is 2.17. The molecule has 0 N–H and O–H groups in total. The lowest BCUT2D eigenvalue weighted by molar-refractivity contribution is -0.126. The molecule has 1 amide bonds. The van der Waals surface area contributed by atoms with Crippen LogP contribution in [0.15, 0.2) is 24.3 Å². The molecule has 0 aliphatic heterocycles. The van der Waals surface area contributed by atoms with Crippen LogP contribution >= 0.6 is 11.6 Å². The number of hydrogen-bond donors (Lipinski definition) is 0. The average Bonchev–Trinajstić information content (AvgIpc) is 2.28. The highest BCUT2D eigenvalue weighted by molar-refractivity contribution is 6.30. The topological polar surface area (TPSA) is 37.4 Å². The maximum atomic E-state index is 11.7. The fraction of sp³-hybridized carbons (Fsp3) is 0.333. The smallest absolute Gasteiger partial charge is 0.234 e. The number of amides is 1. The molecule has 0 aliphatic carbocycles. The maximum Gasteiger partial charge on any atom is 0.234 e. The predicted molar refractivity (Wildman–Crippen MR) is 64.8 cm³/mol. The Kier molecular flexibility index (Phi) is 4.50. The fourth-order valence-electron chi connectivity index (χ4n) is 1.22. The molecule has 0 bridgehead atoms. The maximum absolute atomic E-state index is 11.7. The molecule has 1 rings (SSSR count). The summed E-state index contributed by atoms with van der Waals surface area (Å²) in [6.45, 7) is 1.75. The Morgan fingerprint density at radius 3 is 2.31 bits per heavy atom. The van der Waals surface area contributed by atoms with E-state index in [1.807, 2.05) is 0 Å². The molecule has 0 heterocycles. The summed E-state index contributed by atoms with van der Waals surface area (Å²) >= 11 is 5.75. The molecule has 0 saturated carbocycles. The third-order valence-corrected chi connectivity index (χ3v) is 2.58. The molecule has 16 heavy (non-hydrogen) atoms. The van der Waals surface area contributed by atoms with Crippen molar-refractivity contribution in [2.45, 2.75) is 19.8 Å². The van der Waals surface area contributed by atoms with Crippen molar-refractivity contribution in [1.29, 1.82) is 0 Å². The van der Waals surface area contributed by atoms with Crippen molar-refractivity contribution in [1.82, 2.24) is 0 Å². The quantitative estimate of drug-likeness (QED) is 0.758. The van der Waals surface area contributed by atoms with Gasteiger partial charge in [-0.05, 0) is 24.3 Å². The SMILES string of the molecule is CCC(=O)CC(=O)N(C)c1ccc(Cl)cc1. The van der Waals surface area contributed by atoms with Crippen LogP contribution in [0.4, 0.5) is 5.69 Å². The average molecular weight is 240 g/mol. The van der Waals surface area contributed by atoms with Crippen molar-refractivity contribution in [2.75, 3.05) is 11.9 Å². The lowest BCUT2D eigenvalue weighted by Crippen LogP contribution is -2.28. The van der Waals surface area contributed by atoms with Gasteiger partial charge in [0.15, 0.2) is 0 Å². The number of rotatable bonds is 4. The van der Waals surface area contributed by atoms with Crippen LogP contribution in [0.3, 0.4) is 0 Å². The van der Waals surface area contributed by atoms with Crippen molar-refractivity contribution in [3.05, 3.63) is 29.3 Å². The van der Waals surface area contributed by atoms with E-state index in [-0.39, 0.29) is 18.1 Å². The molecule has 1 aromatic carbocycles. The van der Waals surface area contributed by atoms with E-state index in [4.69, 9.17) is 11.6 Å². The van der Waals surface area contributed by atoms with Crippen LogP contribution in [-0.4, -0.2) is 18.7 Å². The molecular formula is C12H14ClNO2. The minimum absolute atomic E-state index is 0.0460. The van der Waals surface area contributed by atoms with Gasteiger partial charge < -0.3 is 4.90 Å². The molecule has 0 aromatic heterocycles. The van der Waals surface area contributed by atoms with Crippen LogP contribution in [0, 0.1) is 0 Å². The van der Waals surface area contributed by atoms with Crippen LogP contribution in [0.25, 0.3) is 0 Å². The van der Waals surface area contributed by atoms with Crippen molar-refractivity contribution in [3.63, 3.8) is 0 Å². The van der Waals surface area contributed by atoms with Crippen molar-refractivity contribution in [2.24, 2.45) is 0 Å². The molecule has 1 aromatic rings. The summed E-state index contributed by atoms with van der Waals surface area (Å²) in [6, 6.07) is 6.91. The van der Waals surface area contributed by atoms with E-state index in [9.17, 15) is 9.59 Å². The lowest BCUT2D eigenvalue weighted by Gasteiger charge is -2.16. The zero-order valence-electron chi connectivity index (χ0n) is 9.37. The number of Topliss-reactive ketones (excluding diaryl/α,β-unsaturated/α-hetero) is 1. The summed E-state index contributed by atoms with van der Waals surface area (Å²) in [7, 11) is 1.65. The van der Waals surface area contributed by atoms with Crippen LogP contribution < -0.4 is 4.90 Å². The monoisotopic (exact) mass is 239 g/mol. The molecule has 0 aliphatic rings. The Morgan fingerprint density at radius 1 is 1.25 bits per heavy atom. The third-order valence-electron chi connectivity index (χ3n) is 2.33. The number of carbonyl (C=O) groups excluding carboxylic acids is 2. The van der Waals surface area contributed by atoms with Gasteiger partial charge in [-0.2, -0.15) is 0 Å². The van der Waals surface area contributed by atoms with Gasteiger partial charge in [0, 0.05) is 24.2 Å². The Morgan fingerprint density at radius 2 is 1.81 bits per heavy atom. The summed E-state index contributed by atoms with van der Waals surface area (Å²) in [5.74, 6) is -0.250. The highest BCUT2D eigenvalue weighted by atomic mass is 35.5. The van der Waals surface area contributed by atoms with E-state index < -0.39 is 0 Å². The largest absolute Gasteiger partial charge is 0.315 e. The molecular weight excluding hydrogens is 226 g/mol. The minimum atomic E-state index is -0.200. The lowest BCUT2D eigenvalue weighted by atomic mass is 10.2. The number of ketones is 1. The van der Waals surface area contributed by atoms with Gasteiger partial charge in [-0.25, -0.2) is 0 Å². The Hall–Kier alpha value is -1.35. The van der Waals surface area contributed by atoms with E-state index in [1.54, 1.807) is 38.2 Å². The number of halogens is 1. The second kappa shape index (κ2) is 5.66. The molecule has 0 atom stereocenters. The minimum Gasteiger partial charge on any atom is -0.315 e. The molecule has 3 nitrogen and oxygen atoms in total. The fourth-order valence-corrected chi connectivity index (χ4v) is 1.35. The molecule has 0 saturated heterocycles. The van der Waals surface area contributed by atoms with Crippen molar-refractivity contribution < 1.29 is 9.59 Å². The Balaban J connectivity index is 2.70.